The summed E-state index contributed by atoms with van der Waals surface area (Å²) in [6.45, 7) is 0.212. The van der Waals surface area contributed by atoms with Crippen molar-refractivity contribution in [2.24, 2.45) is 10.2 Å². The van der Waals surface area contributed by atoms with Crippen molar-refractivity contribution in [1.82, 2.24) is 15.0 Å². The summed E-state index contributed by atoms with van der Waals surface area (Å²) in [5.74, 6) is 0.843. The quantitative estimate of drug-likeness (QED) is 0.417. The number of hydrogen-bond acceptors (Lipinski definition) is 7. The summed E-state index contributed by atoms with van der Waals surface area (Å²) in [7, 11) is 0. The van der Waals surface area contributed by atoms with Gasteiger partial charge in [-0.25, -0.2) is 15.0 Å². The summed E-state index contributed by atoms with van der Waals surface area (Å²) in [6, 6.07) is 10.4. The molecule has 0 amide bonds. The Bertz CT molecular complexity index is 847. The number of fused-ring (bicyclic) bond motifs is 1. The van der Waals surface area contributed by atoms with Crippen LogP contribution < -0.4 is 0 Å². The number of benzene rings is 1. The first-order chi connectivity index (χ1) is 10.7. The molecule has 3 rings (SSSR count). The Morgan fingerprint density at radius 2 is 1.95 bits per heavy atom. The summed E-state index contributed by atoms with van der Waals surface area (Å²) in [4.78, 5) is 22.4. The normalized spacial score (nSPS) is 11.1. The highest BCUT2D eigenvalue weighted by molar-refractivity contribution is 5.77. The number of rotatable bonds is 4. The third kappa shape index (κ3) is 3.06. The van der Waals surface area contributed by atoms with Crippen LogP contribution >= 0.6 is 0 Å². The van der Waals surface area contributed by atoms with Crippen LogP contribution in [0.5, 0.6) is 0 Å². The summed E-state index contributed by atoms with van der Waals surface area (Å²) in [6.07, 6.45) is 2.87. The first-order valence-electron chi connectivity index (χ1n) is 6.41. The lowest BCUT2D eigenvalue weighted by atomic mass is 10.2. The lowest BCUT2D eigenvalue weighted by Crippen LogP contribution is -1.92. The summed E-state index contributed by atoms with van der Waals surface area (Å²) in [5, 5.41) is 19.3. The molecule has 108 valence electrons. The van der Waals surface area contributed by atoms with Crippen LogP contribution in [0.4, 0.5) is 11.5 Å². The van der Waals surface area contributed by atoms with Gasteiger partial charge in [-0.1, -0.05) is 18.2 Å². The molecule has 0 atom stereocenters. The number of nitro groups is 1. The van der Waals surface area contributed by atoms with Crippen LogP contribution in [0.25, 0.3) is 10.9 Å². The van der Waals surface area contributed by atoms with Gasteiger partial charge in [-0.2, -0.15) is 5.11 Å². The molecule has 1 aromatic carbocycles. The van der Waals surface area contributed by atoms with Crippen molar-refractivity contribution >= 4 is 22.4 Å². The standard InChI is InChI=1S/C14H10N6O2/c21-20(22)11-5-6-13(16-8-11)19-17-9-14-15-7-10-3-1-2-4-12(10)18-14/h1-8H,9H2. The molecule has 8 nitrogen and oxygen atoms in total. The number of aromatic nitrogens is 3. The van der Waals surface area contributed by atoms with Crippen molar-refractivity contribution < 1.29 is 4.92 Å². The van der Waals surface area contributed by atoms with Crippen molar-refractivity contribution in [3.05, 3.63) is 64.7 Å². The van der Waals surface area contributed by atoms with E-state index in [9.17, 15) is 10.1 Å². The topological polar surface area (TPSA) is 107 Å². The molecule has 22 heavy (non-hydrogen) atoms. The molecule has 0 unspecified atom stereocenters. The molecule has 8 heteroatoms. The van der Waals surface area contributed by atoms with E-state index in [4.69, 9.17) is 0 Å². The van der Waals surface area contributed by atoms with Crippen LogP contribution in [0.1, 0.15) is 5.82 Å². The Kier molecular flexibility index (Phi) is 3.73. The SMILES string of the molecule is O=[N+]([O-])c1ccc(N=NCc2ncc3ccccc3n2)nc1. The zero-order valence-corrected chi connectivity index (χ0v) is 11.3. The van der Waals surface area contributed by atoms with E-state index in [1.165, 1.54) is 12.1 Å². The minimum Gasteiger partial charge on any atom is -0.258 e. The largest absolute Gasteiger partial charge is 0.287 e. The van der Waals surface area contributed by atoms with Crippen LogP contribution in [0.3, 0.4) is 0 Å². The highest BCUT2D eigenvalue weighted by atomic mass is 16.6. The predicted octanol–water partition coefficient (Wildman–Crippen LogP) is 3.22. The van der Waals surface area contributed by atoms with E-state index in [0.717, 1.165) is 17.1 Å². The number of hydrogen-bond donors (Lipinski definition) is 0. The Balaban J connectivity index is 1.71. The number of azo groups is 1. The lowest BCUT2D eigenvalue weighted by Gasteiger charge is -1.98. The van der Waals surface area contributed by atoms with Crippen LogP contribution in [0.2, 0.25) is 0 Å². The first kappa shape index (κ1) is 13.7. The minimum atomic E-state index is -0.517. The second-order valence-corrected chi connectivity index (χ2v) is 4.38. The Morgan fingerprint density at radius 3 is 2.73 bits per heavy atom. The molecule has 0 aliphatic rings. The molecule has 0 saturated heterocycles. The summed E-state index contributed by atoms with van der Waals surface area (Å²) in [5.41, 5.74) is 0.757. The zero-order valence-electron chi connectivity index (χ0n) is 11.3. The maximum Gasteiger partial charge on any atom is 0.287 e. The molecule has 2 heterocycles. The first-order valence-corrected chi connectivity index (χ1v) is 6.41. The molecule has 0 aliphatic carbocycles. The Hall–Kier alpha value is -3.29. The molecule has 0 radical (unpaired) electrons. The predicted molar refractivity (Wildman–Crippen MR) is 78.6 cm³/mol. The van der Waals surface area contributed by atoms with Crippen LogP contribution in [0, 0.1) is 10.1 Å². The molecule has 0 fully saturated rings. The molecule has 0 aliphatic heterocycles. The highest BCUT2D eigenvalue weighted by Gasteiger charge is 2.04. The molecular weight excluding hydrogens is 284 g/mol. The van der Waals surface area contributed by atoms with Gasteiger partial charge >= 0.3 is 0 Å². The van der Waals surface area contributed by atoms with Gasteiger partial charge in [0.15, 0.2) is 11.6 Å². The number of para-hydroxylation sites is 1. The maximum atomic E-state index is 10.5. The monoisotopic (exact) mass is 294 g/mol. The van der Waals surface area contributed by atoms with E-state index in [0.29, 0.717) is 11.6 Å². The molecule has 2 aromatic heterocycles. The fraction of sp³-hybridized carbons (Fsp3) is 0.0714. The van der Waals surface area contributed by atoms with Gasteiger partial charge in [-0.3, -0.25) is 10.1 Å². The van der Waals surface area contributed by atoms with E-state index in [1.54, 1.807) is 6.20 Å². The van der Waals surface area contributed by atoms with E-state index < -0.39 is 4.92 Å². The van der Waals surface area contributed by atoms with Gasteiger partial charge in [0.05, 0.1) is 10.4 Å². The zero-order chi connectivity index (χ0) is 15.4. The van der Waals surface area contributed by atoms with Gasteiger partial charge < -0.3 is 0 Å². The number of nitrogens with zero attached hydrogens (tertiary/aromatic N) is 6. The van der Waals surface area contributed by atoms with Crippen molar-refractivity contribution in [3.63, 3.8) is 0 Å². The van der Waals surface area contributed by atoms with E-state index in [-0.39, 0.29) is 12.2 Å². The third-order valence-electron chi connectivity index (χ3n) is 2.87. The van der Waals surface area contributed by atoms with Crippen LogP contribution in [0.15, 0.2) is 59.0 Å². The molecule has 0 spiro atoms. The number of pyridine rings is 1. The fourth-order valence-corrected chi connectivity index (χ4v) is 1.80. The summed E-state index contributed by atoms with van der Waals surface area (Å²) < 4.78 is 0. The molecule has 0 N–H and O–H groups in total. The van der Waals surface area contributed by atoms with Crippen molar-refractivity contribution in [3.8, 4) is 0 Å². The second kappa shape index (κ2) is 6.00. The third-order valence-corrected chi connectivity index (χ3v) is 2.87. The van der Waals surface area contributed by atoms with Gasteiger partial charge in [-0.05, 0) is 12.1 Å². The maximum absolute atomic E-state index is 10.5. The Labute approximate surface area is 124 Å². The van der Waals surface area contributed by atoms with E-state index >= 15 is 0 Å². The smallest absolute Gasteiger partial charge is 0.258 e. The van der Waals surface area contributed by atoms with Gasteiger partial charge in [0.2, 0.25) is 0 Å². The van der Waals surface area contributed by atoms with Crippen molar-refractivity contribution in [2.45, 2.75) is 6.54 Å². The average molecular weight is 294 g/mol. The van der Waals surface area contributed by atoms with Gasteiger partial charge in [-0.15, -0.1) is 5.11 Å². The Morgan fingerprint density at radius 1 is 1.09 bits per heavy atom. The lowest BCUT2D eigenvalue weighted by molar-refractivity contribution is -0.385. The van der Waals surface area contributed by atoms with Gasteiger partial charge in [0.25, 0.3) is 5.69 Å². The molecule has 0 bridgehead atoms. The molecule has 0 saturated carbocycles. The van der Waals surface area contributed by atoms with Gasteiger partial charge in [0, 0.05) is 17.6 Å². The second-order valence-electron chi connectivity index (χ2n) is 4.38. The molecular formula is C14H10N6O2. The van der Waals surface area contributed by atoms with E-state index in [1.807, 2.05) is 24.3 Å². The van der Waals surface area contributed by atoms with E-state index in [2.05, 4.69) is 25.2 Å². The highest BCUT2D eigenvalue weighted by Crippen LogP contribution is 2.15. The van der Waals surface area contributed by atoms with Crippen molar-refractivity contribution in [1.29, 1.82) is 0 Å². The molecule has 3 aromatic rings. The minimum absolute atomic E-state index is 0.0863. The van der Waals surface area contributed by atoms with Crippen molar-refractivity contribution in [2.75, 3.05) is 0 Å². The fourth-order valence-electron chi connectivity index (χ4n) is 1.80. The van der Waals surface area contributed by atoms with Gasteiger partial charge in [0.1, 0.15) is 12.7 Å². The van der Waals surface area contributed by atoms with Crippen LogP contribution in [-0.2, 0) is 6.54 Å². The average Bonchev–Trinajstić information content (AvgIpc) is 2.55. The van der Waals surface area contributed by atoms with Crippen LogP contribution in [-0.4, -0.2) is 19.9 Å². The summed E-state index contributed by atoms with van der Waals surface area (Å²) >= 11 is 0.